The van der Waals surface area contributed by atoms with Gasteiger partial charge in [0.15, 0.2) is 0 Å². The molecule has 2 unspecified atom stereocenters. The lowest BCUT2D eigenvalue weighted by molar-refractivity contribution is 0.0584. The Balaban J connectivity index is 2.12. The third-order valence-corrected chi connectivity index (χ3v) is 3.83. The summed E-state index contributed by atoms with van der Waals surface area (Å²) >= 11 is 0. The molecule has 0 bridgehead atoms. The fourth-order valence-corrected chi connectivity index (χ4v) is 2.78. The first-order chi connectivity index (χ1) is 9.63. The number of piperidine rings is 1. The number of carbonyl (C=O) groups is 1. The molecule has 1 aliphatic rings. The summed E-state index contributed by atoms with van der Waals surface area (Å²) in [4.78, 5) is 14.5. The highest BCUT2D eigenvalue weighted by Crippen LogP contribution is 2.22. The molecule has 1 saturated heterocycles. The van der Waals surface area contributed by atoms with Gasteiger partial charge in [-0.2, -0.15) is 0 Å². The predicted molar refractivity (Wildman–Crippen MR) is 79.9 cm³/mol. The molecule has 2 rings (SSSR count). The van der Waals surface area contributed by atoms with Gasteiger partial charge < -0.3 is 15.4 Å². The Kier molecular flexibility index (Phi) is 5.01. The molecule has 0 aliphatic carbocycles. The number of nitrogens with two attached hydrogens (primary N) is 1. The van der Waals surface area contributed by atoms with Crippen LogP contribution in [0.4, 0.5) is 0 Å². The van der Waals surface area contributed by atoms with Crippen LogP contribution in [0.15, 0.2) is 24.3 Å². The zero-order valence-electron chi connectivity index (χ0n) is 12.3. The van der Waals surface area contributed by atoms with Gasteiger partial charge in [-0.25, -0.2) is 0 Å². The van der Waals surface area contributed by atoms with E-state index >= 15 is 0 Å². The van der Waals surface area contributed by atoms with Crippen LogP contribution in [0.2, 0.25) is 0 Å². The van der Waals surface area contributed by atoms with E-state index in [-0.39, 0.29) is 18.0 Å². The SMILES string of the molecule is CCOc1ccc(C(=O)N2CCCCC2C(C)N)cc1. The highest BCUT2D eigenvalue weighted by molar-refractivity contribution is 5.94. The number of hydrogen-bond donors (Lipinski definition) is 1. The molecule has 1 fully saturated rings. The summed E-state index contributed by atoms with van der Waals surface area (Å²) in [5.74, 6) is 0.876. The van der Waals surface area contributed by atoms with Crippen LogP contribution in [-0.2, 0) is 0 Å². The molecule has 4 heteroatoms. The van der Waals surface area contributed by atoms with Gasteiger partial charge in [-0.3, -0.25) is 4.79 Å². The van der Waals surface area contributed by atoms with Crippen molar-refractivity contribution in [2.75, 3.05) is 13.2 Å². The Labute approximate surface area is 120 Å². The van der Waals surface area contributed by atoms with Gasteiger partial charge >= 0.3 is 0 Å². The van der Waals surface area contributed by atoms with Gasteiger partial charge in [0.1, 0.15) is 5.75 Å². The normalized spacial score (nSPS) is 20.6. The molecule has 0 spiro atoms. The second-order valence-electron chi connectivity index (χ2n) is 5.38. The predicted octanol–water partition coefficient (Wildman–Crippen LogP) is 2.43. The van der Waals surface area contributed by atoms with E-state index in [9.17, 15) is 4.79 Å². The summed E-state index contributed by atoms with van der Waals surface area (Å²) in [6, 6.07) is 7.54. The van der Waals surface area contributed by atoms with Gasteiger partial charge in [0, 0.05) is 24.2 Å². The summed E-state index contributed by atoms with van der Waals surface area (Å²) in [5.41, 5.74) is 6.73. The molecule has 0 aromatic heterocycles. The molecule has 110 valence electrons. The Morgan fingerprint density at radius 1 is 1.40 bits per heavy atom. The van der Waals surface area contributed by atoms with Crippen molar-refractivity contribution in [2.24, 2.45) is 5.73 Å². The number of nitrogens with zero attached hydrogens (tertiary/aromatic N) is 1. The van der Waals surface area contributed by atoms with Crippen molar-refractivity contribution >= 4 is 5.91 Å². The largest absolute Gasteiger partial charge is 0.494 e. The number of amides is 1. The first kappa shape index (κ1) is 14.9. The highest BCUT2D eigenvalue weighted by Gasteiger charge is 2.29. The van der Waals surface area contributed by atoms with Crippen LogP contribution < -0.4 is 10.5 Å². The fourth-order valence-electron chi connectivity index (χ4n) is 2.78. The molecule has 0 radical (unpaired) electrons. The molecule has 20 heavy (non-hydrogen) atoms. The smallest absolute Gasteiger partial charge is 0.254 e. The standard InChI is InChI=1S/C16H24N2O2/c1-3-20-14-9-7-13(8-10-14)16(19)18-11-5-4-6-15(18)12(2)17/h7-10,12,15H,3-6,11,17H2,1-2H3. The summed E-state index contributed by atoms with van der Waals surface area (Å²) in [5, 5.41) is 0. The van der Waals surface area contributed by atoms with Crippen LogP contribution in [0.3, 0.4) is 0 Å². The average molecular weight is 276 g/mol. The van der Waals surface area contributed by atoms with Crippen molar-refractivity contribution in [1.82, 2.24) is 4.90 Å². The van der Waals surface area contributed by atoms with Gasteiger partial charge in [-0.15, -0.1) is 0 Å². The van der Waals surface area contributed by atoms with Crippen molar-refractivity contribution in [3.05, 3.63) is 29.8 Å². The van der Waals surface area contributed by atoms with E-state index in [0.29, 0.717) is 12.2 Å². The summed E-state index contributed by atoms with van der Waals surface area (Å²) in [6.07, 6.45) is 3.21. The van der Waals surface area contributed by atoms with Gasteiger partial charge in [0.25, 0.3) is 5.91 Å². The molecule has 1 heterocycles. The highest BCUT2D eigenvalue weighted by atomic mass is 16.5. The lowest BCUT2D eigenvalue weighted by atomic mass is 9.96. The zero-order chi connectivity index (χ0) is 14.5. The fraction of sp³-hybridized carbons (Fsp3) is 0.562. The molecule has 0 saturated carbocycles. The van der Waals surface area contributed by atoms with Crippen LogP contribution >= 0.6 is 0 Å². The maximum Gasteiger partial charge on any atom is 0.254 e. The Morgan fingerprint density at radius 3 is 2.70 bits per heavy atom. The topological polar surface area (TPSA) is 55.6 Å². The van der Waals surface area contributed by atoms with Crippen molar-refractivity contribution in [3.63, 3.8) is 0 Å². The number of likely N-dealkylation sites (tertiary alicyclic amines) is 1. The second kappa shape index (κ2) is 6.75. The third-order valence-electron chi connectivity index (χ3n) is 3.83. The number of ether oxygens (including phenoxy) is 1. The van der Waals surface area contributed by atoms with Crippen LogP contribution in [0.25, 0.3) is 0 Å². The summed E-state index contributed by atoms with van der Waals surface area (Å²) in [6.45, 7) is 5.36. The molecular formula is C16H24N2O2. The molecular weight excluding hydrogens is 252 g/mol. The Hall–Kier alpha value is -1.55. The second-order valence-corrected chi connectivity index (χ2v) is 5.38. The zero-order valence-corrected chi connectivity index (χ0v) is 12.3. The van der Waals surface area contributed by atoms with Gasteiger partial charge in [0.05, 0.1) is 6.61 Å². The number of rotatable bonds is 4. The molecule has 1 aromatic rings. The van der Waals surface area contributed by atoms with Gasteiger partial charge in [-0.1, -0.05) is 0 Å². The van der Waals surface area contributed by atoms with E-state index in [1.165, 1.54) is 0 Å². The van der Waals surface area contributed by atoms with Crippen LogP contribution in [0, 0.1) is 0 Å². The van der Waals surface area contributed by atoms with E-state index in [4.69, 9.17) is 10.5 Å². The first-order valence-electron chi connectivity index (χ1n) is 7.43. The molecule has 1 aliphatic heterocycles. The molecule has 2 N–H and O–H groups in total. The van der Waals surface area contributed by atoms with Gasteiger partial charge in [-0.05, 0) is 57.4 Å². The minimum absolute atomic E-state index is 0.0157. The molecule has 1 aromatic carbocycles. The molecule has 2 atom stereocenters. The van der Waals surface area contributed by atoms with Crippen molar-refractivity contribution in [1.29, 1.82) is 0 Å². The van der Waals surface area contributed by atoms with E-state index < -0.39 is 0 Å². The first-order valence-corrected chi connectivity index (χ1v) is 7.43. The van der Waals surface area contributed by atoms with Gasteiger partial charge in [0.2, 0.25) is 0 Å². The Morgan fingerprint density at radius 2 is 2.10 bits per heavy atom. The summed E-state index contributed by atoms with van der Waals surface area (Å²) < 4.78 is 5.40. The number of benzene rings is 1. The van der Waals surface area contributed by atoms with E-state index in [0.717, 1.165) is 31.6 Å². The minimum Gasteiger partial charge on any atom is -0.494 e. The quantitative estimate of drug-likeness (QED) is 0.919. The summed E-state index contributed by atoms with van der Waals surface area (Å²) in [7, 11) is 0. The Bertz CT molecular complexity index is 442. The number of hydrogen-bond acceptors (Lipinski definition) is 3. The van der Waals surface area contributed by atoms with Crippen LogP contribution in [0.1, 0.15) is 43.5 Å². The third kappa shape index (κ3) is 3.31. The van der Waals surface area contributed by atoms with E-state index in [1.807, 2.05) is 43.0 Å². The molecule has 1 amide bonds. The molecule has 4 nitrogen and oxygen atoms in total. The van der Waals surface area contributed by atoms with Crippen LogP contribution in [0.5, 0.6) is 5.75 Å². The maximum atomic E-state index is 12.6. The lowest BCUT2D eigenvalue weighted by Gasteiger charge is -2.38. The average Bonchev–Trinajstić information content (AvgIpc) is 2.47. The lowest BCUT2D eigenvalue weighted by Crippen LogP contribution is -2.51. The van der Waals surface area contributed by atoms with E-state index in [2.05, 4.69) is 0 Å². The van der Waals surface area contributed by atoms with E-state index in [1.54, 1.807) is 0 Å². The van der Waals surface area contributed by atoms with Crippen molar-refractivity contribution in [2.45, 2.75) is 45.2 Å². The van der Waals surface area contributed by atoms with Crippen LogP contribution in [-0.4, -0.2) is 36.0 Å². The van der Waals surface area contributed by atoms with Crippen molar-refractivity contribution < 1.29 is 9.53 Å². The maximum absolute atomic E-state index is 12.6. The number of carbonyl (C=O) groups excluding carboxylic acids is 1. The minimum atomic E-state index is 0.0157. The monoisotopic (exact) mass is 276 g/mol. The van der Waals surface area contributed by atoms with Crippen molar-refractivity contribution in [3.8, 4) is 5.75 Å².